The Balaban J connectivity index is 1.59. The first kappa shape index (κ1) is 18.1. The molecule has 0 spiro atoms. The second-order valence-corrected chi connectivity index (χ2v) is 8.40. The van der Waals surface area contributed by atoms with Crippen molar-refractivity contribution in [2.45, 2.75) is 69.6 Å². The molecular weight excluding hydrogens is 318 g/mol. The molecule has 138 valence electrons. The molecule has 1 amide bonds. The summed E-state index contributed by atoms with van der Waals surface area (Å²) in [6, 6.07) is 8.19. The molecule has 2 saturated heterocycles. The molecule has 1 saturated carbocycles. The lowest BCUT2D eigenvalue weighted by Gasteiger charge is -2.53. The highest BCUT2D eigenvalue weighted by molar-refractivity contribution is 5.69. The molecule has 0 unspecified atom stereocenters. The van der Waals surface area contributed by atoms with Crippen molar-refractivity contribution >= 4 is 6.09 Å². The number of hydrogen-bond acceptors (Lipinski definition) is 4. The first-order valence-electron chi connectivity index (χ1n) is 9.01. The van der Waals surface area contributed by atoms with Gasteiger partial charge in [-0.15, -0.1) is 0 Å². The van der Waals surface area contributed by atoms with E-state index in [0.29, 0.717) is 6.61 Å². The van der Waals surface area contributed by atoms with E-state index in [1.807, 2.05) is 32.9 Å². The van der Waals surface area contributed by atoms with Crippen LogP contribution in [0.3, 0.4) is 0 Å². The Kier molecular flexibility index (Phi) is 4.71. The SMILES string of the molecule is COc1ccc(CC23CCC(NC(=O)OC(C)(C)C)(CC2)CO3)cc1. The van der Waals surface area contributed by atoms with Crippen LogP contribution in [0.15, 0.2) is 24.3 Å². The zero-order chi connectivity index (χ0) is 18.1. The highest BCUT2D eigenvalue weighted by Crippen LogP contribution is 2.45. The number of carbonyl (C=O) groups excluding carboxylic acids is 1. The van der Waals surface area contributed by atoms with Crippen molar-refractivity contribution in [2.24, 2.45) is 0 Å². The lowest BCUT2D eigenvalue weighted by molar-refractivity contribution is -0.160. The summed E-state index contributed by atoms with van der Waals surface area (Å²) in [4.78, 5) is 12.1. The fourth-order valence-corrected chi connectivity index (χ4v) is 3.79. The Morgan fingerprint density at radius 3 is 2.28 bits per heavy atom. The number of methoxy groups -OCH3 is 1. The second-order valence-electron chi connectivity index (χ2n) is 8.40. The lowest BCUT2D eigenvalue weighted by atomic mass is 9.69. The van der Waals surface area contributed by atoms with Crippen LogP contribution in [0, 0.1) is 0 Å². The van der Waals surface area contributed by atoms with Gasteiger partial charge in [0.1, 0.15) is 11.4 Å². The van der Waals surface area contributed by atoms with Crippen molar-refractivity contribution < 1.29 is 19.0 Å². The van der Waals surface area contributed by atoms with Gasteiger partial charge in [0, 0.05) is 6.42 Å². The molecule has 3 fully saturated rings. The molecule has 1 aliphatic carbocycles. The average molecular weight is 347 g/mol. The maximum atomic E-state index is 12.1. The first-order valence-corrected chi connectivity index (χ1v) is 9.01. The van der Waals surface area contributed by atoms with Crippen molar-refractivity contribution in [3.8, 4) is 5.75 Å². The van der Waals surface area contributed by atoms with Gasteiger partial charge < -0.3 is 19.5 Å². The molecule has 4 rings (SSSR count). The topological polar surface area (TPSA) is 56.8 Å². The second kappa shape index (κ2) is 6.52. The van der Waals surface area contributed by atoms with Gasteiger partial charge in [-0.1, -0.05) is 12.1 Å². The van der Waals surface area contributed by atoms with Crippen molar-refractivity contribution in [2.75, 3.05) is 13.7 Å². The van der Waals surface area contributed by atoms with Gasteiger partial charge in [-0.3, -0.25) is 0 Å². The third-order valence-electron chi connectivity index (χ3n) is 5.22. The molecule has 2 heterocycles. The first-order chi connectivity index (χ1) is 11.7. The summed E-state index contributed by atoms with van der Waals surface area (Å²) >= 11 is 0. The molecule has 1 aromatic carbocycles. The zero-order valence-corrected chi connectivity index (χ0v) is 15.7. The largest absolute Gasteiger partial charge is 0.497 e. The summed E-state index contributed by atoms with van der Waals surface area (Å²) in [6.45, 7) is 6.19. The molecule has 2 bridgehead atoms. The fourth-order valence-electron chi connectivity index (χ4n) is 3.79. The Morgan fingerprint density at radius 2 is 1.80 bits per heavy atom. The lowest BCUT2D eigenvalue weighted by Crippen LogP contribution is -2.63. The Bertz CT molecular complexity index is 593. The normalized spacial score (nSPS) is 28.5. The van der Waals surface area contributed by atoms with Crippen molar-refractivity contribution in [3.63, 3.8) is 0 Å². The Labute approximate surface area is 150 Å². The Hall–Kier alpha value is -1.75. The maximum Gasteiger partial charge on any atom is 0.408 e. The van der Waals surface area contributed by atoms with Gasteiger partial charge in [0.15, 0.2) is 0 Å². The van der Waals surface area contributed by atoms with Gasteiger partial charge in [0.05, 0.1) is 24.9 Å². The minimum Gasteiger partial charge on any atom is -0.497 e. The number of fused-ring (bicyclic) bond motifs is 3. The molecule has 0 radical (unpaired) electrons. The summed E-state index contributed by atoms with van der Waals surface area (Å²) in [5.41, 5.74) is 0.397. The van der Waals surface area contributed by atoms with E-state index in [9.17, 15) is 4.79 Å². The number of nitrogens with one attached hydrogen (secondary N) is 1. The summed E-state index contributed by atoms with van der Waals surface area (Å²) in [5, 5.41) is 3.07. The van der Waals surface area contributed by atoms with Crippen LogP contribution in [-0.4, -0.2) is 36.6 Å². The third kappa shape index (κ3) is 4.27. The number of rotatable bonds is 4. The van der Waals surface area contributed by atoms with Gasteiger partial charge in [-0.05, 0) is 64.2 Å². The van der Waals surface area contributed by atoms with Crippen molar-refractivity contribution in [1.29, 1.82) is 0 Å². The van der Waals surface area contributed by atoms with E-state index in [-0.39, 0.29) is 17.2 Å². The summed E-state index contributed by atoms with van der Waals surface area (Å²) in [6.07, 6.45) is 4.33. The number of hydrogen-bond donors (Lipinski definition) is 1. The van der Waals surface area contributed by atoms with E-state index in [0.717, 1.165) is 37.9 Å². The van der Waals surface area contributed by atoms with E-state index < -0.39 is 5.60 Å². The van der Waals surface area contributed by atoms with E-state index in [4.69, 9.17) is 14.2 Å². The average Bonchev–Trinajstić information content (AvgIpc) is 2.55. The number of alkyl carbamates (subject to hydrolysis) is 1. The van der Waals surface area contributed by atoms with Crippen LogP contribution in [0.4, 0.5) is 4.79 Å². The van der Waals surface area contributed by atoms with E-state index >= 15 is 0 Å². The van der Waals surface area contributed by atoms with Crippen molar-refractivity contribution in [3.05, 3.63) is 29.8 Å². The number of amides is 1. The van der Waals surface area contributed by atoms with Crippen LogP contribution in [0.5, 0.6) is 5.75 Å². The number of benzene rings is 1. The minimum atomic E-state index is -0.483. The Morgan fingerprint density at radius 1 is 1.16 bits per heavy atom. The zero-order valence-electron chi connectivity index (χ0n) is 15.7. The van der Waals surface area contributed by atoms with E-state index in [2.05, 4.69) is 17.4 Å². The summed E-state index contributed by atoms with van der Waals surface area (Å²) in [5.74, 6) is 0.870. The van der Waals surface area contributed by atoms with Crippen LogP contribution in [0.25, 0.3) is 0 Å². The maximum absolute atomic E-state index is 12.1. The molecule has 5 heteroatoms. The van der Waals surface area contributed by atoms with Gasteiger partial charge >= 0.3 is 6.09 Å². The van der Waals surface area contributed by atoms with Crippen LogP contribution < -0.4 is 10.1 Å². The van der Waals surface area contributed by atoms with Crippen molar-refractivity contribution in [1.82, 2.24) is 5.32 Å². The van der Waals surface area contributed by atoms with Gasteiger partial charge in [0.25, 0.3) is 0 Å². The highest BCUT2D eigenvalue weighted by atomic mass is 16.6. The quantitative estimate of drug-likeness (QED) is 0.899. The van der Waals surface area contributed by atoms with Crippen LogP contribution in [0.2, 0.25) is 0 Å². The molecule has 0 aromatic heterocycles. The molecule has 3 aliphatic rings. The minimum absolute atomic E-state index is 0.105. The predicted octanol–water partition coefficient (Wildman–Crippen LogP) is 3.84. The monoisotopic (exact) mass is 347 g/mol. The fraction of sp³-hybridized carbons (Fsp3) is 0.650. The van der Waals surface area contributed by atoms with E-state index in [1.54, 1.807) is 7.11 Å². The smallest absolute Gasteiger partial charge is 0.408 e. The summed E-state index contributed by atoms with van der Waals surface area (Å²) < 4.78 is 16.9. The molecule has 2 aliphatic heterocycles. The van der Waals surface area contributed by atoms with Gasteiger partial charge in [0.2, 0.25) is 0 Å². The summed E-state index contributed by atoms with van der Waals surface area (Å²) in [7, 11) is 1.68. The molecule has 1 aromatic rings. The molecular formula is C20H29NO4. The molecule has 1 N–H and O–H groups in total. The van der Waals surface area contributed by atoms with Gasteiger partial charge in [-0.2, -0.15) is 0 Å². The molecule has 25 heavy (non-hydrogen) atoms. The van der Waals surface area contributed by atoms with Crippen LogP contribution >= 0.6 is 0 Å². The molecule has 5 nitrogen and oxygen atoms in total. The third-order valence-corrected chi connectivity index (χ3v) is 5.22. The van der Waals surface area contributed by atoms with E-state index in [1.165, 1.54) is 5.56 Å². The highest BCUT2D eigenvalue weighted by Gasteiger charge is 2.50. The predicted molar refractivity (Wildman–Crippen MR) is 95.9 cm³/mol. The number of carbonyl (C=O) groups is 1. The number of ether oxygens (including phenoxy) is 3. The van der Waals surface area contributed by atoms with Gasteiger partial charge in [-0.25, -0.2) is 4.79 Å². The van der Waals surface area contributed by atoms with Crippen LogP contribution in [-0.2, 0) is 15.9 Å². The molecule has 0 atom stereocenters. The standard InChI is InChI=1S/C20H29NO4/c1-18(2,3)25-17(22)21-19-9-11-20(12-10-19,24-14-19)13-15-5-7-16(23-4)8-6-15/h5-8H,9-14H2,1-4H3,(H,21,22). The van der Waals surface area contributed by atoms with Crippen LogP contribution in [0.1, 0.15) is 52.0 Å².